The van der Waals surface area contributed by atoms with Crippen molar-refractivity contribution >= 4 is 23.4 Å². The first-order valence-corrected chi connectivity index (χ1v) is 11.1. The van der Waals surface area contributed by atoms with E-state index in [0.29, 0.717) is 62.8 Å². The lowest BCUT2D eigenvalue weighted by Crippen LogP contribution is -2.50. The van der Waals surface area contributed by atoms with Crippen molar-refractivity contribution in [2.45, 2.75) is 18.9 Å². The first-order valence-electron chi connectivity index (χ1n) is 10.7. The van der Waals surface area contributed by atoms with Crippen molar-refractivity contribution in [2.75, 3.05) is 39.4 Å². The van der Waals surface area contributed by atoms with E-state index < -0.39 is 0 Å². The second kappa shape index (κ2) is 10.2. The first-order chi connectivity index (χ1) is 15.1. The SMILES string of the molecule is O=C(C[C@H]1CN(C(=O)c2cccc(Cl)c2)CC[C@@H]1Oc1ccccc1)N1CCOCC1. The van der Waals surface area contributed by atoms with Gasteiger partial charge in [0.1, 0.15) is 11.9 Å². The Labute approximate surface area is 187 Å². The highest BCUT2D eigenvalue weighted by molar-refractivity contribution is 6.30. The van der Waals surface area contributed by atoms with Crippen molar-refractivity contribution in [2.24, 2.45) is 5.92 Å². The third-order valence-corrected chi connectivity index (χ3v) is 6.09. The van der Waals surface area contributed by atoms with Crippen LogP contribution in [0.1, 0.15) is 23.2 Å². The highest BCUT2D eigenvalue weighted by atomic mass is 35.5. The second-order valence-electron chi connectivity index (χ2n) is 7.98. The van der Waals surface area contributed by atoms with Gasteiger partial charge in [0.2, 0.25) is 5.91 Å². The van der Waals surface area contributed by atoms with Crippen molar-refractivity contribution in [3.63, 3.8) is 0 Å². The maximum Gasteiger partial charge on any atom is 0.253 e. The number of amides is 2. The quantitative estimate of drug-likeness (QED) is 0.711. The molecule has 164 valence electrons. The molecule has 0 unspecified atom stereocenters. The van der Waals surface area contributed by atoms with Gasteiger partial charge in [0, 0.05) is 55.5 Å². The Kier molecular flexibility index (Phi) is 7.10. The average molecular weight is 443 g/mol. The summed E-state index contributed by atoms with van der Waals surface area (Å²) in [6.45, 7) is 3.41. The van der Waals surface area contributed by atoms with Crippen LogP contribution < -0.4 is 4.74 Å². The standard InChI is InChI=1S/C24H27ClN2O4/c25-20-6-4-5-18(15-20)24(29)27-10-9-22(31-21-7-2-1-3-8-21)19(17-27)16-23(28)26-11-13-30-14-12-26/h1-8,15,19,22H,9-14,16-17H2/t19-,22-/m0/s1. The van der Waals surface area contributed by atoms with Gasteiger partial charge in [-0.1, -0.05) is 35.9 Å². The Hall–Kier alpha value is -2.57. The molecule has 2 aromatic carbocycles. The fourth-order valence-electron chi connectivity index (χ4n) is 4.19. The van der Waals surface area contributed by atoms with Gasteiger partial charge in [-0.05, 0) is 30.3 Å². The van der Waals surface area contributed by atoms with Gasteiger partial charge in [0.05, 0.1) is 13.2 Å². The summed E-state index contributed by atoms with van der Waals surface area (Å²) >= 11 is 6.07. The highest BCUT2D eigenvalue weighted by Gasteiger charge is 2.35. The van der Waals surface area contributed by atoms with E-state index >= 15 is 0 Å². The molecule has 2 aliphatic heterocycles. The van der Waals surface area contributed by atoms with Gasteiger partial charge in [0.25, 0.3) is 5.91 Å². The van der Waals surface area contributed by atoms with E-state index in [2.05, 4.69) is 0 Å². The molecule has 0 aromatic heterocycles. The van der Waals surface area contributed by atoms with Gasteiger partial charge in [0.15, 0.2) is 0 Å². The number of morpholine rings is 1. The van der Waals surface area contributed by atoms with Crippen LogP contribution in [0.15, 0.2) is 54.6 Å². The summed E-state index contributed by atoms with van der Waals surface area (Å²) in [5.41, 5.74) is 0.563. The molecule has 4 rings (SSSR count). The largest absolute Gasteiger partial charge is 0.490 e. The number of rotatable bonds is 5. The van der Waals surface area contributed by atoms with Gasteiger partial charge in [-0.2, -0.15) is 0 Å². The van der Waals surface area contributed by atoms with Crippen LogP contribution in [0.5, 0.6) is 5.75 Å². The van der Waals surface area contributed by atoms with Crippen molar-refractivity contribution in [1.82, 2.24) is 9.80 Å². The monoisotopic (exact) mass is 442 g/mol. The minimum absolute atomic E-state index is 0.0653. The molecule has 31 heavy (non-hydrogen) atoms. The minimum atomic E-state index is -0.129. The minimum Gasteiger partial charge on any atom is -0.490 e. The molecule has 7 heteroatoms. The summed E-state index contributed by atoms with van der Waals surface area (Å²) in [5, 5.41) is 0.534. The molecule has 2 aromatic rings. The molecule has 6 nitrogen and oxygen atoms in total. The number of benzene rings is 2. The first kappa shape index (κ1) is 21.7. The van der Waals surface area contributed by atoms with Gasteiger partial charge < -0.3 is 19.3 Å². The Morgan fingerprint density at radius 2 is 1.77 bits per heavy atom. The maximum atomic E-state index is 13.1. The summed E-state index contributed by atoms with van der Waals surface area (Å²) in [7, 11) is 0. The normalized spacial score (nSPS) is 21.6. The molecule has 0 N–H and O–H groups in total. The zero-order valence-corrected chi connectivity index (χ0v) is 18.2. The van der Waals surface area contributed by atoms with E-state index in [4.69, 9.17) is 21.1 Å². The Balaban J connectivity index is 1.48. The summed E-state index contributed by atoms with van der Waals surface area (Å²) in [5.74, 6) is 0.717. The molecule has 0 saturated carbocycles. The Bertz CT molecular complexity index is 901. The molecule has 0 aliphatic carbocycles. The van der Waals surface area contributed by atoms with Crippen LogP contribution in [0.3, 0.4) is 0 Å². The number of piperidine rings is 1. The van der Waals surface area contributed by atoms with Crippen LogP contribution in [-0.2, 0) is 9.53 Å². The maximum absolute atomic E-state index is 13.1. The Morgan fingerprint density at radius 3 is 2.52 bits per heavy atom. The van der Waals surface area contributed by atoms with Crippen LogP contribution >= 0.6 is 11.6 Å². The summed E-state index contributed by atoms with van der Waals surface area (Å²) in [6.07, 6.45) is 0.884. The molecular formula is C24H27ClN2O4. The van der Waals surface area contributed by atoms with Crippen LogP contribution in [-0.4, -0.2) is 67.1 Å². The third kappa shape index (κ3) is 5.57. The number of nitrogens with zero attached hydrogens (tertiary/aromatic N) is 2. The van der Waals surface area contributed by atoms with Crippen molar-refractivity contribution in [3.8, 4) is 5.75 Å². The van der Waals surface area contributed by atoms with Gasteiger partial charge >= 0.3 is 0 Å². The van der Waals surface area contributed by atoms with Crippen LogP contribution in [0.4, 0.5) is 0 Å². The summed E-state index contributed by atoms with van der Waals surface area (Å²) < 4.78 is 11.6. The molecule has 2 heterocycles. The number of para-hydroxylation sites is 1. The molecule has 0 bridgehead atoms. The lowest BCUT2D eigenvalue weighted by atomic mass is 9.90. The zero-order chi connectivity index (χ0) is 21.6. The topological polar surface area (TPSA) is 59.1 Å². The van der Waals surface area contributed by atoms with E-state index in [9.17, 15) is 9.59 Å². The molecule has 2 aliphatic rings. The van der Waals surface area contributed by atoms with Crippen molar-refractivity contribution in [3.05, 3.63) is 65.2 Å². The molecule has 0 spiro atoms. The zero-order valence-electron chi connectivity index (χ0n) is 17.4. The van der Waals surface area contributed by atoms with Gasteiger partial charge in [-0.15, -0.1) is 0 Å². The van der Waals surface area contributed by atoms with E-state index in [1.807, 2.05) is 40.1 Å². The van der Waals surface area contributed by atoms with Gasteiger partial charge in [-0.3, -0.25) is 9.59 Å². The van der Waals surface area contributed by atoms with Crippen molar-refractivity contribution < 1.29 is 19.1 Å². The number of halogens is 1. The predicted molar refractivity (Wildman–Crippen MR) is 118 cm³/mol. The smallest absolute Gasteiger partial charge is 0.253 e. The Morgan fingerprint density at radius 1 is 1.00 bits per heavy atom. The summed E-state index contributed by atoms with van der Waals surface area (Å²) in [4.78, 5) is 29.7. The number of carbonyl (C=O) groups excluding carboxylic acids is 2. The van der Waals surface area contributed by atoms with E-state index in [1.165, 1.54) is 0 Å². The van der Waals surface area contributed by atoms with Crippen LogP contribution in [0.25, 0.3) is 0 Å². The van der Waals surface area contributed by atoms with E-state index in [0.717, 1.165) is 5.75 Å². The van der Waals surface area contributed by atoms with E-state index in [-0.39, 0.29) is 23.8 Å². The molecule has 2 saturated heterocycles. The number of ether oxygens (including phenoxy) is 2. The second-order valence-corrected chi connectivity index (χ2v) is 8.41. The van der Waals surface area contributed by atoms with Crippen molar-refractivity contribution in [1.29, 1.82) is 0 Å². The number of likely N-dealkylation sites (tertiary alicyclic amines) is 1. The van der Waals surface area contributed by atoms with Gasteiger partial charge in [-0.25, -0.2) is 0 Å². The fraction of sp³-hybridized carbons (Fsp3) is 0.417. The molecule has 0 radical (unpaired) electrons. The average Bonchev–Trinajstić information content (AvgIpc) is 2.81. The number of hydrogen-bond donors (Lipinski definition) is 0. The van der Waals surface area contributed by atoms with Crippen LogP contribution in [0, 0.1) is 5.92 Å². The van der Waals surface area contributed by atoms with Crippen LogP contribution in [0.2, 0.25) is 5.02 Å². The molecule has 2 fully saturated rings. The highest BCUT2D eigenvalue weighted by Crippen LogP contribution is 2.27. The molecular weight excluding hydrogens is 416 g/mol. The number of hydrogen-bond acceptors (Lipinski definition) is 4. The summed E-state index contributed by atoms with van der Waals surface area (Å²) in [6, 6.07) is 16.6. The fourth-order valence-corrected chi connectivity index (χ4v) is 4.38. The molecule has 2 atom stereocenters. The molecule has 2 amide bonds. The number of carbonyl (C=O) groups is 2. The lowest BCUT2D eigenvalue weighted by Gasteiger charge is -2.39. The van der Waals surface area contributed by atoms with E-state index in [1.54, 1.807) is 24.3 Å². The predicted octanol–water partition coefficient (Wildman–Crippen LogP) is 3.50. The third-order valence-electron chi connectivity index (χ3n) is 5.85. The lowest BCUT2D eigenvalue weighted by molar-refractivity contribution is -0.137.